The number of Topliss-reactive ketones (excluding diaryl/α,β-unsaturated/α-hetero) is 1. The molecular weight excluding hydrogens is 210 g/mol. The molecule has 1 aromatic rings. The van der Waals surface area contributed by atoms with Gasteiger partial charge in [0, 0.05) is 10.6 Å². The molecule has 0 N–H and O–H groups in total. The van der Waals surface area contributed by atoms with Gasteiger partial charge in [0.2, 0.25) is 0 Å². The number of benzene rings is 1. The zero-order valence-corrected chi connectivity index (χ0v) is 10.1. The van der Waals surface area contributed by atoms with E-state index >= 15 is 0 Å². The first kappa shape index (κ1) is 12.2. The molecule has 0 aliphatic carbocycles. The average Bonchev–Trinajstić information content (AvgIpc) is 2.27. The van der Waals surface area contributed by atoms with Crippen LogP contribution < -0.4 is 0 Å². The number of rotatable bonds is 4. The van der Waals surface area contributed by atoms with Crippen LogP contribution in [-0.2, 0) is 0 Å². The Morgan fingerprint density at radius 3 is 2.40 bits per heavy atom. The van der Waals surface area contributed by atoms with Crippen LogP contribution in [-0.4, -0.2) is 30.3 Å². The Morgan fingerprint density at radius 1 is 1.40 bits per heavy atom. The number of nitrogens with zero attached hydrogens (tertiary/aromatic N) is 1. The molecule has 82 valence electrons. The van der Waals surface area contributed by atoms with Crippen LogP contribution in [0.25, 0.3) is 0 Å². The predicted octanol–water partition coefficient (Wildman–Crippen LogP) is 2.86. The third kappa shape index (κ3) is 3.05. The second-order valence-corrected chi connectivity index (χ2v) is 4.06. The molecule has 0 aromatic heterocycles. The van der Waals surface area contributed by atoms with Crippen molar-refractivity contribution in [3.63, 3.8) is 0 Å². The van der Waals surface area contributed by atoms with Crippen molar-refractivity contribution in [2.75, 3.05) is 13.6 Å². The molecule has 3 heteroatoms. The molecule has 0 heterocycles. The molecular formula is C12H16ClNO. The van der Waals surface area contributed by atoms with Crippen molar-refractivity contribution in [2.24, 2.45) is 0 Å². The summed E-state index contributed by atoms with van der Waals surface area (Å²) in [7, 11) is 1.94. The van der Waals surface area contributed by atoms with E-state index in [2.05, 4.69) is 0 Å². The lowest BCUT2D eigenvalue weighted by atomic mass is 10.0. The van der Waals surface area contributed by atoms with E-state index in [0.29, 0.717) is 10.6 Å². The highest BCUT2D eigenvalue weighted by Gasteiger charge is 2.17. The zero-order valence-electron chi connectivity index (χ0n) is 9.33. The zero-order chi connectivity index (χ0) is 11.4. The van der Waals surface area contributed by atoms with Gasteiger partial charge in [0.15, 0.2) is 5.78 Å². The van der Waals surface area contributed by atoms with E-state index in [-0.39, 0.29) is 11.8 Å². The molecule has 0 saturated carbocycles. The maximum atomic E-state index is 12.0. The molecule has 0 bridgehead atoms. The first-order valence-corrected chi connectivity index (χ1v) is 5.44. The number of hydrogen-bond donors (Lipinski definition) is 0. The van der Waals surface area contributed by atoms with E-state index in [0.717, 1.165) is 6.54 Å². The smallest absolute Gasteiger partial charge is 0.179 e. The van der Waals surface area contributed by atoms with Crippen molar-refractivity contribution in [3.8, 4) is 0 Å². The van der Waals surface area contributed by atoms with Gasteiger partial charge in [-0.3, -0.25) is 9.69 Å². The van der Waals surface area contributed by atoms with Crippen molar-refractivity contribution in [1.82, 2.24) is 4.90 Å². The molecule has 1 rings (SSSR count). The van der Waals surface area contributed by atoms with Crippen molar-refractivity contribution in [3.05, 3.63) is 34.9 Å². The summed E-state index contributed by atoms with van der Waals surface area (Å²) in [4.78, 5) is 14.0. The van der Waals surface area contributed by atoms with Gasteiger partial charge in [-0.25, -0.2) is 0 Å². The van der Waals surface area contributed by atoms with E-state index in [9.17, 15) is 4.79 Å². The van der Waals surface area contributed by atoms with Crippen molar-refractivity contribution in [1.29, 1.82) is 0 Å². The average molecular weight is 226 g/mol. The molecule has 0 saturated heterocycles. The Hall–Kier alpha value is -0.860. The van der Waals surface area contributed by atoms with Crippen LogP contribution in [0.4, 0.5) is 0 Å². The number of hydrogen-bond acceptors (Lipinski definition) is 2. The maximum Gasteiger partial charge on any atom is 0.179 e. The first-order chi connectivity index (χ1) is 7.06. The Morgan fingerprint density at radius 2 is 1.93 bits per heavy atom. The molecule has 0 amide bonds. The number of likely N-dealkylation sites (N-methyl/N-ethyl adjacent to an activating group) is 1. The van der Waals surface area contributed by atoms with Crippen molar-refractivity contribution in [2.45, 2.75) is 19.9 Å². The fourth-order valence-electron chi connectivity index (χ4n) is 1.33. The number of ketones is 1. The minimum absolute atomic E-state index is 0.0869. The second-order valence-electron chi connectivity index (χ2n) is 3.62. The van der Waals surface area contributed by atoms with E-state index in [4.69, 9.17) is 11.6 Å². The summed E-state index contributed by atoms with van der Waals surface area (Å²) >= 11 is 5.76. The van der Waals surface area contributed by atoms with E-state index in [1.54, 1.807) is 24.3 Å². The number of carbonyl (C=O) groups is 1. The van der Waals surface area contributed by atoms with Gasteiger partial charge < -0.3 is 0 Å². The lowest BCUT2D eigenvalue weighted by Crippen LogP contribution is -2.35. The highest BCUT2D eigenvalue weighted by molar-refractivity contribution is 6.30. The van der Waals surface area contributed by atoms with E-state index < -0.39 is 0 Å². The molecule has 1 atom stereocenters. The van der Waals surface area contributed by atoms with E-state index in [1.165, 1.54) is 0 Å². The summed E-state index contributed by atoms with van der Waals surface area (Å²) < 4.78 is 0. The normalized spacial score (nSPS) is 12.9. The fraction of sp³-hybridized carbons (Fsp3) is 0.417. The van der Waals surface area contributed by atoms with Crippen molar-refractivity contribution < 1.29 is 4.79 Å². The monoisotopic (exact) mass is 225 g/mol. The van der Waals surface area contributed by atoms with Crippen LogP contribution in [0.15, 0.2) is 24.3 Å². The molecule has 0 aliphatic heterocycles. The third-order valence-corrected chi connectivity index (χ3v) is 2.92. The number of carbonyl (C=O) groups excluding carboxylic acids is 1. The summed E-state index contributed by atoms with van der Waals surface area (Å²) in [6, 6.07) is 6.94. The fourth-order valence-corrected chi connectivity index (χ4v) is 1.46. The maximum absolute atomic E-state index is 12.0. The van der Waals surface area contributed by atoms with Gasteiger partial charge in [-0.1, -0.05) is 18.5 Å². The third-order valence-electron chi connectivity index (χ3n) is 2.67. The largest absolute Gasteiger partial charge is 0.297 e. The lowest BCUT2D eigenvalue weighted by Gasteiger charge is -2.21. The first-order valence-electron chi connectivity index (χ1n) is 5.06. The molecule has 1 unspecified atom stereocenters. The summed E-state index contributed by atoms with van der Waals surface area (Å²) in [6.45, 7) is 4.81. The van der Waals surface area contributed by atoms with Crippen LogP contribution in [0, 0.1) is 0 Å². The van der Waals surface area contributed by atoms with Crippen LogP contribution in [0.5, 0.6) is 0 Å². The predicted molar refractivity (Wildman–Crippen MR) is 63.5 cm³/mol. The highest BCUT2D eigenvalue weighted by atomic mass is 35.5. The van der Waals surface area contributed by atoms with Crippen LogP contribution >= 0.6 is 11.6 Å². The van der Waals surface area contributed by atoms with Crippen LogP contribution in [0.1, 0.15) is 24.2 Å². The quantitative estimate of drug-likeness (QED) is 0.735. The Balaban J connectivity index is 2.80. The van der Waals surface area contributed by atoms with Gasteiger partial charge in [-0.15, -0.1) is 0 Å². The molecule has 0 spiro atoms. The molecule has 0 fully saturated rings. The lowest BCUT2D eigenvalue weighted by molar-refractivity contribution is 0.0874. The minimum Gasteiger partial charge on any atom is -0.297 e. The van der Waals surface area contributed by atoms with Gasteiger partial charge in [0.1, 0.15) is 0 Å². The number of halogens is 1. The molecule has 0 radical (unpaired) electrons. The molecule has 15 heavy (non-hydrogen) atoms. The standard InChI is InChI=1S/C12H16ClNO/c1-4-14(3)9(2)12(15)10-5-7-11(13)8-6-10/h5-9H,4H2,1-3H3. The minimum atomic E-state index is -0.0869. The van der Waals surface area contributed by atoms with Crippen LogP contribution in [0.2, 0.25) is 5.02 Å². The van der Waals surface area contributed by atoms with E-state index in [1.807, 2.05) is 25.8 Å². The van der Waals surface area contributed by atoms with Gasteiger partial charge in [-0.05, 0) is 44.8 Å². The molecule has 0 aliphatic rings. The second kappa shape index (κ2) is 5.29. The Bertz CT molecular complexity index is 334. The van der Waals surface area contributed by atoms with Crippen molar-refractivity contribution >= 4 is 17.4 Å². The van der Waals surface area contributed by atoms with Gasteiger partial charge in [0.25, 0.3) is 0 Å². The summed E-state index contributed by atoms with van der Waals surface area (Å²) in [6.07, 6.45) is 0. The molecule has 1 aromatic carbocycles. The summed E-state index contributed by atoms with van der Waals surface area (Å²) in [5.41, 5.74) is 0.715. The van der Waals surface area contributed by atoms with Crippen LogP contribution in [0.3, 0.4) is 0 Å². The SMILES string of the molecule is CCN(C)C(C)C(=O)c1ccc(Cl)cc1. The Labute approximate surface area is 95.8 Å². The summed E-state index contributed by atoms with van der Waals surface area (Å²) in [5, 5.41) is 0.656. The van der Waals surface area contributed by atoms with Gasteiger partial charge in [0.05, 0.1) is 6.04 Å². The molecule has 2 nitrogen and oxygen atoms in total. The topological polar surface area (TPSA) is 20.3 Å². The Kier molecular flexibility index (Phi) is 4.30. The summed E-state index contributed by atoms with van der Waals surface area (Å²) in [5.74, 6) is 0.135. The highest BCUT2D eigenvalue weighted by Crippen LogP contribution is 2.12. The van der Waals surface area contributed by atoms with Gasteiger partial charge in [-0.2, -0.15) is 0 Å². The van der Waals surface area contributed by atoms with Gasteiger partial charge >= 0.3 is 0 Å².